The van der Waals surface area contributed by atoms with E-state index in [1.807, 2.05) is 47.4 Å². The molecule has 2 heterocycles. The van der Waals surface area contributed by atoms with Crippen molar-refractivity contribution in [2.24, 2.45) is 0 Å². The third-order valence-electron chi connectivity index (χ3n) is 5.55. The van der Waals surface area contributed by atoms with Gasteiger partial charge in [0.1, 0.15) is 5.75 Å². The molecule has 156 valence electrons. The fourth-order valence-corrected chi connectivity index (χ4v) is 4.02. The Morgan fingerprint density at radius 3 is 2.77 bits per heavy atom. The molecule has 0 aliphatic carbocycles. The summed E-state index contributed by atoms with van der Waals surface area (Å²) in [5, 5.41) is 8.21. The first kappa shape index (κ1) is 20.5. The van der Waals surface area contributed by atoms with Crippen molar-refractivity contribution in [3.8, 4) is 5.75 Å². The van der Waals surface area contributed by atoms with Gasteiger partial charge in [-0.15, -0.1) is 0 Å². The van der Waals surface area contributed by atoms with Gasteiger partial charge in [-0.25, -0.2) is 0 Å². The van der Waals surface area contributed by atoms with Crippen molar-refractivity contribution in [3.63, 3.8) is 0 Å². The SMILES string of the molecule is O=C(CCc1ccccc1)N1CC[C@@H](c2cc(CCOc3ccccc3Cl)[nH]n2)C1. The van der Waals surface area contributed by atoms with Gasteiger partial charge >= 0.3 is 0 Å². The van der Waals surface area contributed by atoms with Crippen LogP contribution in [0.3, 0.4) is 0 Å². The summed E-state index contributed by atoms with van der Waals surface area (Å²) in [7, 11) is 0. The summed E-state index contributed by atoms with van der Waals surface area (Å²) in [5.41, 5.74) is 3.27. The summed E-state index contributed by atoms with van der Waals surface area (Å²) in [5.74, 6) is 1.21. The number of rotatable bonds is 8. The Bertz CT molecular complexity index is 973. The topological polar surface area (TPSA) is 58.2 Å². The summed E-state index contributed by atoms with van der Waals surface area (Å²) >= 11 is 6.12. The largest absolute Gasteiger partial charge is 0.492 e. The van der Waals surface area contributed by atoms with Crippen LogP contribution in [0.4, 0.5) is 0 Å². The van der Waals surface area contributed by atoms with E-state index in [0.717, 1.165) is 43.7 Å². The minimum absolute atomic E-state index is 0.227. The van der Waals surface area contributed by atoms with Crippen LogP contribution >= 0.6 is 11.6 Å². The molecular weight excluding hydrogens is 398 g/mol. The predicted octanol–water partition coefficient (Wildman–Crippen LogP) is 4.63. The molecule has 1 aliphatic rings. The molecule has 0 spiro atoms. The van der Waals surface area contributed by atoms with Crippen molar-refractivity contribution in [1.82, 2.24) is 15.1 Å². The first-order chi connectivity index (χ1) is 14.7. The number of nitrogens with zero attached hydrogens (tertiary/aromatic N) is 2. The smallest absolute Gasteiger partial charge is 0.222 e. The third kappa shape index (κ3) is 5.22. The lowest BCUT2D eigenvalue weighted by Crippen LogP contribution is -2.28. The molecule has 2 aromatic carbocycles. The molecule has 1 atom stereocenters. The number of aromatic amines is 1. The van der Waals surface area contributed by atoms with Gasteiger partial charge in [-0.1, -0.05) is 54.1 Å². The minimum Gasteiger partial charge on any atom is -0.492 e. The number of benzene rings is 2. The summed E-state index contributed by atoms with van der Waals surface area (Å²) < 4.78 is 5.75. The number of likely N-dealkylation sites (tertiary alicyclic amines) is 1. The van der Waals surface area contributed by atoms with Crippen LogP contribution in [0.2, 0.25) is 5.02 Å². The molecule has 5 nitrogen and oxygen atoms in total. The number of nitrogens with one attached hydrogen (secondary N) is 1. The highest BCUT2D eigenvalue weighted by Crippen LogP contribution is 2.27. The molecule has 6 heteroatoms. The molecule has 1 aliphatic heterocycles. The number of hydrogen-bond acceptors (Lipinski definition) is 3. The Morgan fingerprint density at radius 2 is 1.93 bits per heavy atom. The molecular formula is C24H26ClN3O2. The number of carbonyl (C=O) groups excluding carboxylic acids is 1. The monoisotopic (exact) mass is 423 g/mol. The average molecular weight is 424 g/mol. The van der Waals surface area contributed by atoms with E-state index in [0.29, 0.717) is 29.7 Å². The Labute approximate surface area is 182 Å². The van der Waals surface area contributed by atoms with Crippen LogP contribution in [0, 0.1) is 0 Å². The first-order valence-electron chi connectivity index (χ1n) is 10.4. The van der Waals surface area contributed by atoms with Crippen LogP contribution in [0.15, 0.2) is 60.7 Å². The highest BCUT2D eigenvalue weighted by Gasteiger charge is 2.28. The number of ether oxygens (including phenoxy) is 1. The number of halogens is 1. The second-order valence-corrected chi connectivity index (χ2v) is 8.07. The molecule has 0 bridgehead atoms. The van der Waals surface area contributed by atoms with Gasteiger partial charge < -0.3 is 9.64 Å². The van der Waals surface area contributed by atoms with Crippen LogP contribution in [-0.2, 0) is 17.6 Å². The van der Waals surface area contributed by atoms with Crippen LogP contribution in [0.25, 0.3) is 0 Å². The van der Waals surface area contributed by atoms with Gasteiger partial charge in [0.05, 0.1) is 17.3 Å². The van der Waals surface area contributed by atoms with Crippen molar-refractivity contribution in [2.45, 2.75) is 31.6 Å². The van der Waals surface area contributed by atoms with Crippen molar-refractivity contribution in [1.29, 1.82) is 0 Å². The Hall–Kier alpha value is -2.79. The quantitative estimate of drug-likeness (QED) is 0.574. The zero-order chi connectivity index (χ0) is 20.8. The predicted molar refractivity (Wildman–Crippen MR) is 118 cm³/mol. The number of carbonyl (C=O) groups is 1. The summed E-state index contributed by atoms with van der Waals surface area (Å²) in [4.78, 5) is 14.5. The number of amides is 1. The first-order valence-corrected chi connectivity index (χ1v) is 10.8. The Kier molecular flexibility index (Phi) is 6.70. The Balaban J connectivity index is 1.24. The van der Waals surface area contributed by atoms with Crippen molar-refractivity contribution >= 4 is 17.5 Å². The van der Waals surface area contributed by atoms with E-state index < -0.39 is 0 Å². The van der Waals surface area contributed by atoms with Gasteiger partial charge in [-0.3, -0.25) is 9.89 Å². The number of H-pyrrole nitrogens is 1. The summed E-state index contributed by atoms with van der Waals surface area (Å²) in [6, 6.07) is 19.7. The number of aryl methyl sites for hydroxylation is 1. The average Bonchev–Trinajstić information content (AvgIpc) is 3.44. The third-order valence-corrected chi connectivity index (χ3v) is 5.86. The molecule has 1 fully saturated rings. The van der Waals surface area contributed by atoms with E-state index >= 15 is 0 Å². The van der Waals surface area contributed by atoms with Gasteiger partial charge in [-0.05, 0) is 36.6 Å². The van der Waals surface area contributed by atoms with Crippen LogP contribution < -0.4 is 4.74 Å². The van der Waals surface area contributed by atoms with Crippen molar-refractivity contribution in [3.05, 3.63) is 82.6 Å². The van der Waals surface area contributed by atoms with Crippen LogP contribution in [0.5, 0.6) is 5.75 Å². The maximum Gasteiger partial charge on any atom is 0.222 e. The summed E-state index contributed by atoms with van der Waals surface area (Å²) in [6.07, 6.45) is 3.03. The number of aromatic nitrogens is 2. The number of hydrogen-bond donors (Lipinski definition) is 1. The lowest BCUT2D eigenvalue weighted by molar-refractivity contribution is -0.130. The second-order valence-electron chi connectivity index (χ2n) is 7.66. The lowest BCUT2D eigenvalue weighted by Gasteiger charge is -2.16. The molecule has 0 unspecified atom stereocenters. The maximum atomic E-state index is 12.6. The summed E-state index contributed by atoms with van der Waals surface area (Å²) in [6.45, 7) is 2.07. The van der Waals surface area contributed by atoms with Crippen LogP contribution in [-0.4, -0.2) is 40.7 Å². The second kappa shape index (κ2) is 9.81. The van der Waals surface area contributed by atoms with Crippen LogP contribution in [0.1, 0.15) is 35.7 Å². The highest BCUT2D eigenvalue weighted by atomic mass is 35.5. The van der Waals surface area contributed by atoms with Gasteiger partial charge in [0.25, 0.3) is 0 Å². The van der Waals surface area contributed by atoms with E-state index in [1.165, 1.54) is 5.56 Å². The highest BCUT2D eigenvalue weighted by molar-refractivity contribution is 6.32. The van der Waals surface area contributed by atoms with Gasteiger partial charge in [-0.2, -0.15) is 5.10 Å². The molecule has 0 saturated carbocycles. The van der Waals surface area contributed by atoms with E-state index in [-0.39, 0.29) is 5.91 Å². The van der Waals surface area contributed by atoms with Gasteiger partial charge in [0.2, 0.25) is 5.91 Å². The molecule has 4 rings (SSSR count). The van der Waals surface area contributed by atoms with Crippen molar-refractivity contribution in [2.75, 3.05) is 19.7 Å². The van der Waals surface area contributed by atoms with E-state index in [4.69, 9.17) is 16.3 Å². The molecule has 1 aromatic heterocycles. The molecule has 1 amide bonds. The molecule has 1 saturated heterocycles. The van der Waals surface area contributed by atoms with E-state index in [9.17, 15) is 4.79 Å². The Morgan fingerprint density at radius 1 is 1.13 bits per heavy atom. The fourth-order valence-electron chi connectivity index (χ4n) is 3.83. The van der Waals surface area contributed by atoms with E-state index in [1.54, 1.807) is 0 Å². The van der Waals surface area contributed by atoms with Gasteiger partial charge in [0.15, 0.2) is 0 Å². The molecule has 30 heavy (non-hydrogen) atoms. The maximum absolute atomic E-state index is 12.6. The fraction of sp³-hybridized carbons (Fsp3) is 0.333. The zero-order valence-corrected chi connectivity index (χ0v) is 17.6. The zero-order valence-electron chi connectivity index (χ0n) is 16.9. The minimum atomic E-state index is 0.227. The van der Waals surface area contributed by atoms with Crippen molar-refractivity contribution < 1.29 is 9.53 Å². The normalized spacial score (nSPS) is 16.0. The molecule has 1 N–H and O–H groups in total. The lowest BCUT2D eigenvalue weighted by atomic mass is 10.0. The van der Waals surface area contributed by atoms with E-state index in [2.05, 4.69) is 28.4 Å². The van der Waals surface area contributed by atoms with Gasteiger partial charge in [0, 0.05) is 37.5 Å². The number of para-hydroxylation sites is 1. The standard InChI is InChI=1S/C24H26ClN3O2/c25-21-8-4-5-9-23(21)30-15-13-20-16-22(27-26-20)19-12-14-28(17-19)24(29)11-10-18-6-2-1-3-7-18/h1-9,16,19H,10-15,17H2,(H,26,27)/t19-/m1/s1. The molecule has 0 radical (unpaired) electrons. The molecule has 3 aromatic rings.